The third-order valence-corrected chi connectivity index (χ3v) is 3.44. The normalized spacial score (nSPS) is 12.1. The second kappa shape index (κ2) is 8.52. The summed E-state index contributed by atoms with van der Waals surface area (Å²) >= 11 is 3.45. The third kappa shape index (κ3) is 8.20. The number of rotatable bonds is 3. The Morgan fingerprint density at radius 1 is 1.00 bits per heavy atom. The number of ether oxygens (including phenoxy) is 2. The zero-order valence-corrected chi connectivity index (χ0v) is 17.2. The van der Waals surface area contributed by atoms with Crippen LogP contribution in [0.3, 0.4) is 0 Å². The third-order valence-electron chi connectivity index (χ3n) is 2.72. The highest BCUT2D eigenvalue weighted by atomic mass is 79.9. The predicted molar refractivity (Wildman–Crippen MR) is 102 cm³/mol. The molecule has 0 fully saturated rings. The lowest BCUT2D eigenvalue weighted by atomic mass is 10.2. The van der Waals surface area contributed by atoms with E-state index in [2.05, 4.69) is 15.9 Å². The Morgan fingerprint density at radius 2 is 1.48 bits per heavy atom. The molecule has 0 saturated heterocycles. The number of imide groups is 1. The molecule has 0 atom stereocenters. The van der Waals surface area contributed by atoms with E-state index >= 15 is 0 Å². The number of carbonyl (C=O) groups is 2. The molecular formula is C19H26BrNO4. The minimum Gasteiger partial charge on any atom is -0.443 e. The van der Waals surface area contributed by atoms with Crippen molar-refractivity contribution < 1.29 is 19.1 Å². The number of nitrogens with zero attached hydrogens (tertiary/aromatic N) is 1. The van der Waals surface area contributed by atoms with Gasteiger partial charge in [-0.15, -0.1) is 0 Å². The highest BCUT2D eigenvalue weighted by Crippen LogP contribution is 2.18. The number of hydrogen-bond acceptors (Lipinski definition) is 4. The van der Waals surface area contributed by atoms with Crippen LogP contribution in [0.5, 0.6) is 0 Å². The van der Waals surface area contributed by atoms with E-state index in [-0.39, 0.29) is 6.54 Å². The minimum absolute atomic E-state index is 0.0468. The van der Waals surface area contributed by atoms with E-state index in [0.717, 1.165) is 14.9 Å². The lowest BCUT2D eigenvalue weighted by Crippen LogP contribution is -2.43. The molecule has 0 aliphatic rings. The van der Waals surface area contributed by atoms with Crippen LogP contribution in [0.15, 0.2) is 34.8 Å². The van der Waals surface area contributed by atoms with E-state index in [1.54, 1.807) is 47.6 Å². The molecule has 0 radical (unpaired) electrons. The molecule has 0 saturated carbocycles. The molecule has 6 heteroatoms. The first kappa shape index (κ1) is 21.2. The van der Waals surface area contributed by atoms with Crippen molar-refractivity contribution in [1.82, 2.24) is 4.90 Å². The van der Waals surface area contributed by atoms with Crippen LogP contribution in [0.4, 0.5) is 9.59 Å². The standard InChI is InChI=1S/C19H26BrNO4/c1-18(2,3)24-16(22)21(17(23)25-19(4,5)6)13-9-11-14-10-7-8-12-15(14)20/h7-12H,13H2,1-6H3/b11-9+. The summed E-state index contributed by atoms with van der Waals surface area (Å²) in [5.41, 5.74) is -0.469. The zero-order valence-electron chi connectivity index (χ0n) is 15.6. The number of amides is 2. The van der Waals surface area contributed by atoms with Crippen LogP contribution in [0.25, 0.3) is 6.08 Å². The summed E-state index contributed by atoms with van der Waals surface area (Å²) in [7, 11) is 0. The summed E-state index contributed by atoms with van der Waals surface area (Å²) in [6.07, 6.45) is 2.07. The Balaban J connectivity index is 2.92. The van der Waals surface area contributed by atoms with Crippen molar-refractivity contribution in [2.45, 2.75) is 52.7 Å². The summed E-state index contributed by atoms with van der Waals surface area (Å²) in [5, 5.41) is 0. The van der Waals surface area contributed by atoms with Crippen LogP contribution >= 0.6 is 15.9 Å². The van der Waals surface area contributed by atoms with Crippen molar-refractivity contribution in [3.05, 3.63) is 40.4 Å². The molecule has 1 rings (SSSR count). The van der Waals surface area contributed by atoms with Crippen molar-refractivity contribution in [3.63, 3.8) is 0 Å². The van der Waals surface area contributed by atoms with E-state index in [1.165, 1.54) is 0 Å². The molecule has 0 heterocycles. The molecule has 5 nitrogen and oxygen atoms in total. The van der Waals surface area contributed by atoms with Gasteiger partial charge >= 0.3 is 12.2 Å². The van der Waals surface area contributed by atoms with Crippen LogP contribution in [-0.4, -0.2) is 34.8 Å². The van der Waals surface area contributed by atoms with Gasteiger partial charge in [0.2, 0.25) is 0 Å². The van der Waals surface area contributed by atoms with Crippen molar-refractivity contribution in [2.75, 3.05) is 6.54 Å². The molecule has 0 aliphatic heterocycles. The Bertz CT molecular complexity index is 614. The predicted octanol–water partition coefficient (Wildman–Crippen LogP) is 5.63. The summed E-state index contributed by atoms with van der Waals surface area (Å²) in [4.78, 5) is 25.7. The SMILES string of the molecule is CC(C)(C)OC(=O)N(C/C=C/c1ccccc1Br)C(=O)OC(C)(C)C. The molecule has 138 valence electrons. The fraction of sp³-hybridized carbons (Fsp3) is 0.474. The molecule has 0 spiro atoms. The molecule has 1 aromatic carbocycles. The van der Waals surface area contributed by atoms with E-state index < -0.39 is 23.4 Å². The van der Waals surface area contributed by atoms with Gasteiger partial charge in [0.25, 0.3) is 0 Å². The van der Waals surface area contributed by atoms with Gasteiger partial charge in [0.05, 0.1) is 6.54 Å². The van der Waals surface area contributed by atoms with Gasteiger partial charge in [0, 0.05) is 4.47 Å². The van der Waals surface area contributed by atoms with Gasteiger partial charge in [-0.1, -0.05) is 46.3 Å². The van der Waals surface area contributed by atoms with Gasteiger partial charge in [-0.25, -0.2) is 14.5 Å². The Kier molecular flexibility index (Phi) is 7.23. The molecule has 1 aromatic rings. The van der Waals surface area contributed by atoms with Crippen LogP contribution in [0.1, 0.15) is 47.1 Å². The maximum atomic E-state index is 12.4. The highest BCUT2D eigenvalue weighted by molar-refractivity contribution is 9.10. The maximum Gasteiger partial charge on any atom is 0.420 e. The first-order valence-corrected chi connectivity index (χ1v) is 8.83. The molecule has 0 aliphatic carbocycles. The fourth-order valence-corrected chi connectivity index (χ4v) is 2.17. The number of benzene rings is 1. The van der Waals surface area contributed by atoms with Crippen LogP contribution in [-0.2, 0) is 9.47 Å². The van der Waals surface area contributed by atoms with Gasteiger partial charge in [-0.3, -0.25) is 0 Å². The van der Waals surface area contributed by atoms with E-state index in [9.17, 15) is 9.59 Å². The average Bonchev–Trinajstić information content (AvgIpc) is 2.41. The first-order chi connectivity index (χ1) is 11.4. The molecule has 0 aromatic heterocycles. The number of carbonyl (C=O) groups excluding carboxylic acids is 2. The topological polar surface area (TPSA) is 55.8 Å². The number of hydrogen-bond donors (Lipinski definition) is 0. The van der Waals surface area contributed by atoms with Crippen molar-refractivity contribution in [1.29, 1.82) is 0 Å². The summed E-state index contributed by atoms with van der Waals surface area (Å²) < 4.78 is 11.5. The van der Waals surface area contributed by atoms with Crippen molar-refractivity contribution in [2.24, 2.45) is 0 Å². The monoisotopic (exact) mass is 411 g/mol. The molecule has 2 amide bonds. The molecule has 25 heavy (non-hydrogen) atoms. The Hall–Kier alpha value is -1.82. The van der Waals surface area contributed by atoms with Gasteiger partial charge in [0.1, 0.15) is 11.2 Å². The van der Waals surface area contributed by atoms with E-state index in [0.29, 0.717) is 0 Å². The second-order valence-corrected chi connectivity index (χ2v) is 8.35. The number of halogens is 1. The second-order valence-electron chi connectivity index (χ2n) is 7.50. The molecule has 0 unspecified atom stereocenters. The summed E-state index contributed by atoms with van der Waals surface area (Å²) in [6, 6.07) is 7.66. The maximum absolute atomic E-state index is 12.4. The van der Waals surface area contributed by atoms with Gasteiger partial charge in [0.15, 0.2) is 0 Å². The highest BCUT2D eigenvalue weighted by Gasteiger charge is 2.30. The lowest BCUT2D eigenvalue weighted by Gasteiger charge is -2.28. The lowest BCUT2D eigenvalue weighted by molar-refractivity contribution is 0.00377. The van der Waals surface area contributed by atoms with Crippen LogP contribution < -0.4 is 0 Å². The van der Waals surface area contributed by atoms with Gasteiger partial charge in [-0.05, 0) is 53.2 Å². The van der Waals surface area contributed by atoms with Gasteiger partial charge in [-0.2, -0.15) is 0 Å². The van der Waals surface area contributed by atoms with Crippen molar-refractivity contribution in [3.8, 4) is 0 Å². The largest absolute Gasteiger partial charge is 0.443 e. The summed E-state index contributed by atoms with van der Waals surface area (Å²) in [6.45, 7) is 10.5. The smallest absolute Gasteiger partial charge is 0.420 e. The van der Waals surface area contributed by atoms with Gasteiger partial charge < -0.3 is 9.47 Å². The van der Waals surface area contributed by atoms with E-state index in [1.807, 2.05) is 30.3 Å². The molecule has 0 bridgehead atoms. The average molecular weight is 412 g/mol. The van der Waals surface area contributed by atoms with Crippen LogP contribution in [0, 0.1) is 0 Å². The minimum atomic E-state index is -0.737. The first-order valence-electron chi connectivity index (χ1n) is 8.03. The van der Waals surface area contributed by atoms with E-state index in [4.69, 9.17) is 9.47 Å². The molecule has 0 N–H and O–H groups in total. The molecular weight excluding hydrogens is 386 g/mol. The van der Waals surface area contributed by atoms with Crippen molar-refractivity contribution >= 4 is 34.2 Å². The quantitative estimate of drug-likeness (QED) is 0.645. The Labute approximate surface area is 158 Å². The fourth-order valence-electron chi connectivity index (χ4n) is 1.75. The van der Waals surface area contributed by atoms with Crippen LogP contribution in [0.2, 0.25) is 0 Å². The zero-order chi connectivity index (χ0) is 19.3. The Morgan fingerprint density at radius 3 is 1.92 bits per heavy atom. The summed E-state index contributed by atoms with van der Waals surface area (Å²) in [5.74, 6) is 0.